The molecule has 2 rings (SSSR count). The van der Waals surface area contributed by atoms with Gasteiger partial charge in [-0.05, 0) is 24.6 Å². The van der Waals surface area contributed by atoms with Crippen LogP contribution in [0.2, 0.25) is 0 Å². The summed E-state index contributed by atoms with van der Waals surface area (Å²) < 4.78 is 44.1. The Morgan fingerprint density at radius 2 is 1.81 bits per heavy atom. The second-order valence-corrected chi connectivity index (χ2v) is 4.36. The lowest BCUT2D eigenvalue weighted by molar-refractivity contribution is -0.137. The zero-order valence-electron chi connectivity index (χ0n) is 10.9. The van der Waals surface area contributed by atoms with Crippen LogP contribution >= 0.6 is 12.4 Å². The molecule has 0 fully saturated rings. The molecule has 1 unspecified atom stereocenters. The van der Waals surface area contributed by atoms with Gasteiger partial charge in [0.2, 0.25) is 0 Å². The van der Waals surface area contributed by atoms with E-state index in [1.54, 1.807) is 0 Å². The van der Waals surface area contributed by atoms with E-state index < -0.39 is 17.8 Å². The minimum absolute atomic E-state index is 0. The Morgan fingerprint density at radius 1 is 1.14 bits per heavy atom. The van der Waals surface area contributed by atoms with Gasteiger partial charge in [-0.2, -0.15) is 13.2 Å². The number of hydrogen-bond acceptors (Lipinski definition) is 3. The molecular weight excluding hydrogens is 307 g/mol. The van der Waals surface area contributed by atoms with Gasteiger partial charge in [-0.3, -0.25) is 0 Å². The molecule has 1 aromatic carbocycles. The average molecular weight is 322 g/mol. The fraction of sp³-hybridized carbons (Fsp3) is 0.286. The molecule has 0 saturated carbocycles. The Bertz CT molecular complexity index is 584. The molecule has 3 nitrogen and oxygen atoms in total. The first-order valence-corrected chi connectivity index (χ1v) is 6.06. The molecule has 1 aromatic heterocycles. The Balaban J connectivity index is 0.00000220. The number of benzene rings is 1. The van der Waals surface area contributed by atoms with Gasteiger partial charge in [0.05, 0.1) is 11.6 Å². The van der Waals surface area contributed by atoms with Crippen LogP contribution in [-0.2, 0) is 6.18 Å². The first-order chi connectivity index (χ1) is 9.43. The minimum Gasteiger partial charge on any atom is -0.459 e. The largest absolute Gasteiger partial charge is 0.459 e. The summed E-state index contributed by atoms with van der Waals surface area (Å²) in [5.41, 5.74) is 4.97. The molecule has 0 saturated heterocycles. The predicted octanol–water partition coefficient (Wildman–Crippen LogP) is 3.77. The highest BCUT2D eigenvalue weighted by Gasteiger charge is 2.34. The topological polar surface area (TPSA) is 59.4 Å². The van der Waals surface area contributed by atoms with Crippen molar-refractivity contribution in [1.29, 1.82) is 0 Å². The molecule has 0 radical (unpaired) electrons. The van der Waals surface area contributed by atoms with Crippen LogP contribution in [-0.4, -0.2) is 11.7 Å². The van der Waals surface area contributed by atoms with E-state index in [4.69, 9.17) is 15.3 Å². The van der Waals surface area contributed by atoms with Crippen LogP contribution in [0.1, 0.15) is 23.8 Å². The van der Waals surface area contributed by atoms with Crippen LogP contribution in [0.25, 0.3) is 11.3 Å². The van der Waals surface area contributed by atoms with Crippen LogP contribution in [0.5, 0.6) is 0 Å². The van der Waals surface area contributed by atoms with Gasteiger partial charge in [0.25, 0.3) is 0 Å². The highest BCUT2D eigenvalue weighted by molar-refractivity contribution is 5.85. The Hall–Kier alpha value is -1.50. The lowest BCUT2D eigenvalue weighted by atomic mass is 10.1. The third-order valence-corrected chi connectivity index (χ3v) is 2.93. The van der Waals surface area contributed by atoms with E-state index >= 15 is 0 Å². The van der Waals surface area contributed by atoms with Crippen molar-refractivity contribution in [2.75, 3.05) is 6.61 Å². The van der Waals surface area contributed by atoms with Gasteiger partial charge in [0.15, 0.2) is 0 Å². The maximum absolute atomic E-state index is 12.9. The monoisotopic (exact) mass is 321 g/mol. The number of rotatable bonds is 4. The summed E-state index contributed by atoms with van der Waals surface area (Å²) in [6.45, 7) is -0.115. The predicted molar refractivity (Wildman–Crippen MR) is 75.0 cm³/mol. The normalized spacial score (nSPS) is 12.8. The van der Waals surface area contributed by atoms with Crippen molar-refractivity contribution < 1.29 is 22.7 Å². The molecule has 1 heterocycles. The number of hydrogen-bond donors (Lipinski definition) is 2. The summed E-state index contributed by atoms with van der Waals surface area (Å²) in [4.78, 5) is 0. The first-order valence-electron chi connectivity index (χ1n) is 6.06. The van der Waals surface area contributed by atoms with Crippen LogP contribution in [0, 0.1) is 0 Å². The first kappa shape index (κ1) is 17.6. The zero-order valence-corrected chi connectivity index (χ0v) is 11.7. The number of halogens is 4. The lowest BCUT2D eigenvalue weighted by Gasteiger charge is -2.11. The van der Waals surface area contributed by atoms with Crippen molar-refractivity contribution in [3.8, 4) is 11.3 Å². The Morgan fingerprint density at radius 3 is 2.43 bits per heavy atom. The molecule has 7 heteroatoms. The molecule has 0 aliphatic heterocycles. The molecule has 3 N–H and O–H groups in total. The van der Waals surface area contributed by atoms with E-state index in [1.165, 1.54) is 30.3 Å². The van der Waals surface area contributed by atoms with Gasteiger partial charge < -0.3 is 15.3 Å². The molecule has 0 aliphatic rings. The number of nitrogens with two attached hydrogens (primary N) is 1. The standard InChI is InChI=1S/C14H14F3NO2.ClH/c15-14(16,17)10-4-2-1-3-9(10)12-5-6-13(20-12)11(18)7-8-19;/h1-6,11,19H,7-8,18H2;1H. The third kappa shape index (κ3) is 4.00. The number of alkyl halides is 3. The summed E-state index contributed by atoms with van der Waals surface area (Å²) in [6, 6.07) is 7.65. The zero-order chi connectivity index (χ0) is 14.8. The van der Waals surface area contributed by atoms with Crippen molar-refractivity contribution >= 4 is 12.4 Å². The van der Waals surface area contributed by atoms with E-state index in [9.17, 15) is 13.2 Å². The number of furan rings is 1. The van der Waals surface area contributed by atoms with Crippen LogP contribution in [0.3, 0.4) is 0 Å². The number of aliphatic hydroxyl groups excluding tert-OH is 1. The van der Waals surface area contributed by atoms with Crippen molar-refractivity contribution in [3.63, 3.8) is 0 Å². The molecule has 0 amide bonds. The molecule has 0 aliphatic carbocycles. The van der Waals surface area contributed by atoms with Crippen molar-refractivity contribution in [1.82, 2.24) is 0 Å². The summed E-state index contributed by atoms with van der Waals surface area (Å²) in [5.74, 6) is 0.465. The smallest absolute Gasteiger partial charge is 0.417 e. The van der Waals surface area contributed by atoms with Crippen LogP contribution in [0.4, 0.5) is 13.2 Å². The summed E-state index contributed by atoms with van der Waals surface area (Å²) in [5, 5.41) is 8.80. The molecule has 2 aromatic rings. The van der Waals surface area contributed by atoms with Crippen LogP contribution < -0.4 is 5.73 Å². The highest BCUT2D eigenvalue weighted by atomic mass is 35.5. The molecule has 1 atom stereocenters. The van der Waals surface area contributed by atoms with Crippen molar-refractivity contribution in [3.05, 3.63) is 47.7 Å². The fourth-order valence-electron chi connectivity index (χ4n) is 1.92. The maximum Gasteiger partial charge on any atom is 0.417 e. The summed E-state index contributed by atoms with van der Waals surface area (Å²) in [6.07, 6.45) is -4.16. The van der Waals surface area contributed by atoms with Gasteiger partial charge in [-0.25, -0.2) is 0 Å². The van der Waals surface area contributed by atoms with Gasteiger partial charge >= 0.3 is 6.18 Å². The number of aliphatic hydroxyl groups is 1. The third-order valence-electron chi connectivity index (χ3n) is 2.93. The SMILES string of the molecule is Cl.NC(CCO)c1ccc(-c2ccccc2C(F)(F)F)o1. The maximum atomic E-state index is 12.9. The molecule has 0 spiro atoms. The minimum atomic E-state index is -4.45. The molecule has 116 valence electrons. The fourth-order valence-corrected chi connectivity index (χ4v) is 1.92. The van der Waals surface area contributed by atoms with E-state index in [1.807, 2.05) is 0 Å². The van der Waals surface area contributed by atoms with Gasteiger partial charge in [0.1, 0.15) is 11.5 Å². The van der Waals surface area contributed by atoms with E-state index in [-0.39, 0.29) is 36.8 Å². The second-order valence-electron chi connectivity index (χ2n) is 4.36. The van der Waals surface area contributed by atoms with Gasteiger partial charge in [-0.15, -0.1) is 12.4 Å². The van der Waals surface area contributed by atoms with Crippen molar-refractivity contribution in [2.24, 2.45) is 5.73 Å². The second kappa shape index (κ2) is 6.98. The molecule has 21 heavy (non-hydrogen) atoms. The van der Waals surface area contributed by atoms with E-state index in [0.29, 0.717) is 5.76 Å². The Labute approximate surface area is 126 Å². The summed E-state index contributed by atoms with van der Waals surface area (Å²) in [7, 11) is 0. The van der Waals surface area contributed by atoms with E-state index in [0.717, 1.165) is 6.07 Å². The highest BCUT2D eigenvalue weighted by Crippen LogP contribution is 2.37. The van der Waals surface area contributed by atoms with Gasteiger partial charge in [-0.1, -0.05) is 18.2 Å². The summed E-state index contributed by atoms with van der Waals surface area (Å²) >= 11 is 0. The lowest BCUT2D eigenvalue weighted by Crippen LogP contribution is -2.10. The van der Waals surface area contributed by atoms with E-state index in [2.05, 4.69) is 0 Å². The quantitative estimate of drug-likeness (QED) is 0.901. The van der Waals surface area contributed by atoms with Gasteiger partial charge in [0, 0.05) is 12.2 Å². The van der Waals surface area contributed by atoms with Crippen LogP contribution in [0.15, 0.2) is 40.8 Å². The molecular formula is C14H15ClF3NO2. The Kier molecular flexibility index (Phi) is 5.83. The van der Waals surface area contributed by atoms with Crippen molar-refractivity contribution in [2.45, 2.75) is 18.6 Å². The average Bonchev–Trinajstić information content (AvgIpc) is 2.87. The molecule has 0 bridgehead atoms.